The summed E-state index contributed by atoms with van der Waals surface area (Å²) < 4.78 is 1.93. The minimum Gasteiger partial charge on any atom is -0.268 e. The zero-order valence-corrected chi connectivity index (χ0v) is 9.67. The summed E-state index contributed by atoms with van der Waals surface area (Å²) in [6, 6.07) is 12.3. The van der Waals surface area contributed by atoms with E-state index in [2.05, 4.69) is 28.3 Å². The summed E-state index contributed by atoms with van der Waals surface area (Å²) in [6.45, 7) is 2.82. The topological polar surface area (TPSA) is 30.7 Å². The molecule has 0 aliphatic rings. The van der Waals surface area contributed by atoms with Crippen LogP contribution in [0, 0.1) is 6.92 Å². The molecule has 0 fully saturated rings. The molecule has 0 amide bonds. The minimum atomic E-state index is 0.789. The van der Waals surface area contributed by atoms with Crippen molar-refractivity contribution < 1.29 is 0 Å². The molecular formula is C14H13N3. The van der Waals surface area contributed by atoms with Crippen molar-refractivity contribution in [2.24, 2.45) is 0 Å². The molecule has 3 nitrogen and oxygen atoms in total. The molecule has 0 spiro atoms. The van der Waals surface area contributed by atoms with Gasteiger partial charge in [-0.05, 0) is 30.7 Å². The second kappa shape index (κ2) is 4.01. The number of pyridine rings is 1. The molecule has 2 aromatic heterocycles. The lowest BCUT2D eigenvalue weighted by atomic mass is 10.1. The average molecular weight is 223 g/mol. The third-order valence-electron chi connectivity index (χ3n) is 2.82. The first-order chi connectivity index (χ1) is 8.33. The molecule has 3 rings (SSSR count). The number of hydrogen-bond donors (Lipinski definition) is 0. The number of para-hydroxylation sites is 1. The van der Waals surface area contributed by atoms with Crippen LogP contribution in [0.3, 0.4) is 0 Å². The highest BCUT2D eigenvalue weighted by Crippen LogP contribution is 2.18. The fraction of sp³-hybridized carbons (Fsp3) is 0.143. The maximum absolute atomic E-state index is 4.54. The third kappa shape index (κ3) is 1.91. The van der Waals surface area contributed by atoms with E-state index in [0.29, 0.717) is 0 Å². The van der Waals surface area contributed by atoms with Crippen LogP contribution in [0.5, 0.6) is 0 Å². The van der Waals surface area contributed by atoms with Gasteiger partial charge in [-0.1, -0.05) is 18.2 Å². The lowest BCUT2D eigenvalue weighted by Gasteiger charge is -2.07. The van der Waals surface area contributed by atoms with Crippen LogP contribution in [0.4, 0.5) is 0 Å². The van der Waals surface area contributed by atoms with Crippen molar-refractivity contribution in [3.63, 3.8) is 0 Å². The van der Waals surface area contributed by atoms with E-state index in [1.54, 1.807) is 6.20 Å². The highest BCUT2D eigenvalue weighted by molar-refractivity contribution is 5.82. The molecule has 0 unspecified atom stereocenters. The van der Waals surface area contributed by atoms with E-state index >= 15 is 0 Å². The van der Waals surface area contributed by atoms with Gasteiger partial charge in [0.2, 0.25) is 0 Å². The number of aryl methyl sites for hydroxylation is 1. The van der Waals surface area contributed by atoms with Crippen LogP contribution in [-0.4, -0.2) is 14.8 Å². The molecule has 1 aromatic carbocycles. The predicted molar refractivity (Wildman–Crippen MR) is 67.8 cm³/mol. The fourth-order valence-electron chi connectivity index (χ4n) is 2.09. The second-order valence-corrected chi connectivity index (χ2v) is 4.14. The van der Waals surface area contributed by atoms with E-state index in [0.717, 1.165) is 17.8 Å². The molecule has 84 valence electrons. The van der Waals surface area contributed by atoms with E-state index in [1.807, 2.05) is 36.0 Å². The van der Waals surface area contributed by atoms with Crippen LogP contribution in [0.1, 0.15) is 11.3 Å². The Hall–Kier alpha value is -2.16. The summed E-state index contributed by atoms with van der Waals surface area (Å²) in [5.74, 6) is 0. The van der Waals surface area contributed by atoms with E-state index in [9.17, 15) is 0 Å². The van der Waals surface area contributed by atoms with Gasteiger partial charge in [-0.15, -0.1) is 0 Å². The molecule has 0 saturated carbocycles. The SMILES string of the molecule is Cc1cc(Cn2cccn2)c2ccccc2n1. The van der Waals surface area contributed by atoms with Gasteiger partial charge in [0, 0.05) is 23.5 Å². The van der Waals surface area contributed by atoms with Gasteiger partial charge in [0.1, 0.15) is 0 Å². The summed E-state index contributed by atoms with van der Waals surface area (Å²) in [4.78, 5) is 4.54. The average Bonchev–Trinajstić information content (AvgIpc) is 2.81. The van der Waals surface area contributed by atoms with Gasteiger partial charge in [0.15, 0.2) is 0 Å². The van der Waals surface area contributed by atoms with E-state index < -0.39 is 0 Å². The van der Waals surface area contributed by atoms with Gasteiger partial charge in [-0.3, -0.25) is 9.67 Å². The van der Waals surface area contributed by atoms with Gasteiger partial charge < -0.3 is 0 Å². The Balaban J connectivity index is 2.14. The minimum absolute atomic E-state index is 0.789. The molecule has 3 heteroatoms. The smallest absolute Gasteiger partial charge is 0.0708 e. The quantitative estimate of drug-likeness (QED) is 0.668. The van der Waals surface area contributed by atoms with Crippen LogP contribution in [-0.2, 0) is 6.54 Å². The molecule has 2 heterocycles. The predicted octanol–water partition coefficient (Wildman–Crippen LogP) is 2.79. The highest BCUT2D eigenvalue weighted by Gasteiger charge is 2.04. The Labute approximate surface area is 99.7 Å². The summed E-state index contributed by atoms with van der Waals surface area (Å²) in [5.41, 5.74) is 3.36. The van der Waals surface area contributed by atoms with Crippen LogP contribution in [0.25, 0.3) is 10.9 Å². The number of nitrogens with zero attached hydrogens (tertiary/aromatic N) is 3. The van der Waals surface area contributed by atoms with Crippen molar-refractivity contribution in [3.8, 4) is 0 Å². The third-order valence-corrected chi connectivity index (χ3v) is 2.82. The second-order valence-electron chi connectivity index (χ2n) is 4.14. The van der Waals surface area contributed by atoms with E-state index in [1.165, 1.54) is 10.9 Å². The lowest BCUT2D eigenvalue weighted by Crippen LogP contribution is -2.01. The van der Waals surface area contributed by atoms with Crippen LogP contribution >= 0.6 is 0 Å². The first-order valence-corrected chi connectivity index (χ1v) is 5.65. The first kappa shape index (κ1) is 10.0. The van der Waals surface area contributed by atoms with Crippen molar-refractivity contribution in [3.05, 3.63) is 60.0 Å². The summed E-state index contributed by atoms with van der Waals surface area (Å²) >= 11 is 0. The van der Waals surface area contributed by atoms with Gasteiger partial charge in [-0.25, -0.2) is 0 Å². The van der Waals surface area contributed by atoms with Crippen LogP contribution < -0.4 is 0 Å². The summed E-state index contributed by atoms with van der Waals surface area (Å²) in [7, 11) is 0. The monoisotopic (exact) mass is 223 g/mol. The standard InChI is InChI=1S/C14H13N3/c1-11-9-12(10-17-8-4-7-15-17)13-5-2-3-6-14(13)16-11/h2-9H,10H2,1H3. The van der Waals surface area contributed by atoms with Crippen molar-refractivity contribution in [2.45, 2.75) is 13.5 Å². The van der Waals surface area contributed by atoms with Gasteiger partial charge >= 0.3 is 0 Å². The normalized spacial score (nSPS) is 10.9. The van der Waals surface area contributed by atoms with Gasteiger partial charge in [0.25, 0.3) is 0 Å². The largest absolute Gasteiger partial charge is 0.268 e. The van der Waals surface area contributed by atoms with E-state index in [4.69, 9.17) is 0 Å². The number of aromatic nitrogens is 3. The fourth-order valence-corrected chi connectivity index (χ4v) is 2.09. The molecule has 3 aromatic rings. The maximum atomic E-state index is 4.54. The molecule has 0 saturated heterocycles. The molecule has 17 heavy (non-hydrogen) atoms. The van der Waals surface area contributed by atoms with Crippen LogP contribution in [0.15, 0.2) is 48.8 Å². The Kier molecular flexibility index (Phi) is 2.37. The van der Waals surface area contributed by atoms with Crippen molar-refractivity contribution >= 4 is 10.9 Å². The van der Waals surface area contributed by atoms with Crippen LogP contribution in [0.2, 0.25) is 0 Å². The molecule has 0 N–H and O–H groups in total. The molecule has 0 bridgehead atoms. The molecule has 0 atom stereocenters. The zero-order valence-electron chi connectivity index (χ0n) is 9.67. The number of benzene rings is 1. The Morgan fingerprint density at radius 3 is 2.88 bits per heavy atom. The van der Waals surface area contributed by atoms with Gasteiger partial charge in [-0.2, -0.15) is 5.10 Å². The first-order valence-electron chi connectivity index (χ1n) is 5.65. The van der Waals surface area contributed by atoms with Crippen molar-refractivity contribution in [1.29, 1.82) is 0 Å². The maximum Gasteiger partial charge on any atom is 0.0708 e. The number of fused-ring (bicyclic) bond motifs is 1. The highest BCUT2D eigenvalue weighted by atomic mass is 15.3. The summed E-state index contributed by atoms with van der Waals surface area (Å²) in [6.07, 6.45) is 3.78. The van der Waals surface area contributed by atoms with Gasteiger partial charge in [0.05, 0.1) is 12.1 Å². The Morgan fingerprint density at radius 2 is 2.06 bits per heavy atom. The van der Waals surface area contributed by atoms with E-state index in [-0.39, 0.29) is 0 Å². The molecule has 0 aliphatic carbocycles. The number of hydrogen-bond acceptors (Lipinski definition) is 2. The zero-order chi connectivity index (χ0) is 11.7. The number of rotatable bonds is 2. The molecule has 0 radical (unpaired) electrons. The Morgan fingerprint density at radius 1 is 1.18 bits per heavy atom. The Bertz CT molecular complexity index is 642. The lowest BCUT2D eigenvalue weighted by molar-refractivity contribution is 0.689. The molecule has 0 aliphatic heterocycles. The van der Waals surface area contributed by atoms with Crippen molar-refractivity contribution in [1.82, 2.24) is 14.8 Å². The molecular weight excluding hydrogens is 210 g/mol. The van der Waals surface area contributed by atoms with Crippen molar-refractivity contribution in [2.75, 3.05) is 0 Å². The summed E-state index contributed by atoms with van der Waals surface area (Å²) in [5, 5.41) is 5.45.